The van der Waals surface area contributed by atoms with Crippen LogP contribution < -0.4 is 0 Å². The molecule has 0 saturated heterocycles. The summed E-state index contributed by atoms with van der Waals surface area (Å²) in [7, 11) is 0. The van der Waals surface area contributed by atoms with E-state index in [2.05, 4.69) is 9.97 Å². The second kappa shape index (κ2) is 4.69. The zero-order valence-corrected chi connectivity index (χ0v) is 10.4. The van der Waals surface area contributed by atoms with Crippen LogP contribution in [0.5, 0.6) is 0 Å². The largest absolute Gasteiger partial charge is 0.477 e. The molecule has 0 atom stereocenters. The van der Waals surface area contributed by atoms with Gasteiger partial charge >= 0.3 is 18.1 Å². The number of fused-ring (bicyclic) bond motifs is 1. The molecular formula is C12H7F3N2O4. The van der Waals surface area contributed by atoms with Crippen molar-refractivity contribution >= 4 is 23.0 Å². The number of aromatic nitrogens is 2. The molecule has 0 fully saturated rings. The van der Waals surface area contributed by atoms with Crippen molar-refractivity contribution in [2.45, 2.75) is 13.1 Å². The summed E-state index contributed by atoms with van der Waals surface area (Å²) in [6, 6.07) is 1.66. The van der Waals surface area contributed by atoms with Crippen LogP contribution in [0.15, 0.2) is 12.1 Å². The normalized spacial score (nSPS) is 11.6. The van der Waals surface area contributed by atoms with Gasteiger partial charge in [-0.05, 0) is 24.6 Å². The minimum atomic E-state index is -4.94. The Morgan fingerprint density at radius 3 is 1.95 bits per heavy atom. The van der Waals surface area contributed by atoms with Crippen LogP contribution in [0.25, 0.3) is 11.0 Å². The standard InChI is InChI=1S/C12H7F3N2O4/c1-4-2-6-7(16-8(4)10(18)19)3-5(12(13,14)15)9(17-6)11(20)21/h2-3H,1H3,(H,18,19)(H,20,21). The lowest BCUT2D eigenvalue weighted by molar-refractivity contribution is -0.138. The Hall–Kier alpha value is -2.71. The molecule has 0 aromatic carbocycles. The molecular weight excluding hydrogens is 293 g/mol. The zero-order valence-electron chi connectivity index (χ0n) is 10.4. The quantitative estimate of drug-likeness (QED) is 0.883. The summed E-state index contributed by atoms with van der Waals surface area (Å²) < 4.78 is 38.5. The van der Waals surface area contributed by atoms with E-state index < -0.39 is 35.1 Å². The molecule has 0 aliphatic rings. The van der Waals surface area contributed by atoms with Crippen molar-refractivity contribution in [3.8, 4) is 0 Å². The lowest BCUT2D eigenvalue weighted by atomic mass is 10.1. The van der Waals surface area contributed by atoms with E-state index in [9.17, 15) is 22.8 Å². The van der Waals surface area contributed by atoms with Crippen molar-refractivity contribution in [3.05, 3.63) is 34.6 Å². The third-order valence-corrected chi connectivity index (χ3v) is 2.70. The van der Waals surface area contributed by atoms with Crippen molar-refractivity contribution in [3.63, 3.8) is 0 Å². The van der Waals surface area contributed by atoms with Crippen molar-refractivity contribution in [2.75, 3.05) is 0 Å². The van der Waals surface area contributed by atoms with Gasteiger partial charge in [0.1, 0.15) is 0 Å². The van der Waals surface area contributed by atoms with Crippen LogP contribution in [0.2, 0.25) is 0 Å². The van der Waals surface area contributed by atoms with E-state index in [1.807, 2.05) is 0 Å². The van der Waals surface area contributed by atoms with Crippen LogP contribution in [0, 0.1) is 6.92 Å². The summed E-state index contributed by atoms with van der Waals surface area (Å²) >= 11 is 0. The number of aromatic carboxylic acids is 2. The second-order valence-corrected chi connectivity index (χ2v) is 4.18. The third kappa shape index (κ3) is 2.62. The number of carboxylic acid groups (broad SMARTS) is 2. The van der Waals surface area contributed by atoms with E-state index in [1.54, 1.807) is 0 Å². The number of halogens is 3. The molecule has 0 amide bonds. The van der Waals surface area contributed by atoms with Crippen molar-refractivity contribution in [1.29, 1.82) is 0 Å². The number of rotatable bonds is 2. The maximum atomic E-state index is 12.8. The molecule has 0 aliphatic heterocycles. The van der Waals surface area contributed by atoms with Crippen molar-refractivity contribution < 1.29 is 33.0 Å². The Kier molecular flexibility index (Phi) is 3.28. The fourth-order valence-electron chi connectivity index (χ4n) is 1.79. The van der Waals surface area contributed by atoms with Crippen molar-refractivity contribution in [1.82, 2.24) is 9.97 Å². The third-order valence-electron chi connectivity index (χ3n) is 2.70. The summed E-state index contributed by atoms with van der Waals surface area (Å²) in [6.45, 7) is 1.38. The SMILES string of the molecule is Cc1cc2nc(C(=O)O)c(C(F)(F)F)cc2nc1C(=O)O. The number of hydrogen-bond donors (Lipinski definition) is 2. The lowest BCUT2D eigenvalue weighted by Gasteiger charge is -2.11. The molecule has 0 spiro atoms. The highest BCUT2D eigenvalue weighted by Gasteiger charge is 2.37. The minimum Gasteiger partial charge on any atom is -0.477 e. The molecule has 0 saturated carbocycles. The molecule has 0 radical (unpaired) electrons. The van der Waals surface area contributed by atoms with Gasteiger partial charge in [0.05, 0.1) is 16.6 Å². The Labute approximate surface area is 114 Å². The maximum absolute atomic E-state index is 12.8. The van der Waals surface area contributed by atoms with E-state index >= 15 is 0 Å². The van der Waals surface area contributed by atoms with Gasteiger partial charge in [-0.3, -0.25) is 0 Å². The number of hydrogen-bond acceptors (Lipinski definition) is 4. The number of pyridine rings is 2. The number of nitrogens with zero attached hydrogens (tertiary/aromatic N) is 2. The van der Waals surface area contributed by atoms with Crippen molar-refractivity contribution in [2.24, 2.45) is 0 Å². The fraction of sp³-hybridized carbons (Fsp3) is 0.167. The minimum absolute atomic E-state index is 0.122. The highest BCUT2D eigenvalue weighted by molar-refractivity contribution is 5.94. The first kappa shape index (κ1) is 14.7. The summed E-state index contributed by atoms with van der Waals surface area (Å²) in [6.07, 6.45) is -4.94. The summed E-state index contributed by atoms with van der Waals surface area (Å²) in [4.78, 5) is 28.8. The van der Waals surface area contributed by atoms with E-state index in [1.165, 1.54) is 13.0 Å². The van der Waals surface area contributed by atoms with Gasteiger partial charge in [-0.15, -0.1) is 0 Å². The Morgan fingerprint density at radius 1 is 1.00 bits per heavy atom. The first-order valence-electron chi connectivity index (χ1n) is 5.47. The average Bonchev–Trinajstić information content (AvgIpc) is 2.34. The highest BCUT2D eigenvalue weighted by Crippen LogP contribution is 2.33. The molecule has 110 valence electrons. The second-order valence-electron chi connectivity index (χ2n) is 4.18. The van der Waals surface area contributed by atoms with Gasteiger partial charge in [-0.25, -0.2) is 19.6 Å². The van der Waals surface area contributed by atoms with Crippen LogP contribution in [0.3, 0.4) is 0 Å². The summed E-state index contributed by atoms with van der Waals surface area (Å²) in [5.41, 5.74) is -3.34. The zero-order chi connectivity index (χ0) is 15.9. The van der Waals surface area contributed by atoms with Gasteiger partial charge in [0.15, 0.2) is 11.4 Å². The molecule has 9 heteroatoms. The average molecular weight is 300 g/mol. The number of carboxylic acids is 2. The van der Waals surface area contributed by atoms with Gasteiger partial charge in [0.25, 0.3) is 0 Å². The number of aryl methyl sites for hydroxylation is 1. The summed E-state index contributed by atoms with van der Waals surface area (Å²) in [5.74, 6) is -3.23. The Balaban J connectivity index is 2.85. The molecule has 2 aromatic heterocycles. The molecule has 0 aliphatic carbocycles. The maximum Gasteiger partial charge on any atom is 0.418 e. The van der Waals surface area contributed by atoms with E-state index in [0.29, 0.717) is 6.07 Å². The summed E-state index contributed by atoms with van der Waals surface area (Å²) in [5, 5.41) is 17.7. The molecule has 2 heterocycles. The van der Waals surface area contributed by atoms with Gasteiger partial charge in [-0.2, -0.15) is 13.2 Å². The molecule has 0 bridgehead atoms. The van der Waals surface area contributed by atoms with Gasteiger partial charge in [0.2, 0.25) is 0 Å². The van der Waals surface area contributed by atoms with E-state index in [-0.39, 0.29) is 16.6 Å². The molecule has 2 N–H and O–H groups in total. The highest BCUT2D eigenvalue weighted by atomic mass is 19.4. The molecule has 21 heavy (non-hydrogen) atoms. The number of alkyl halides is 3. The number of carbonyl (C=O) groups is 2. The fourth-order valence-corrected chi connectivity index (χ4v) is 1.79. The first-order chi connectivity index (χ1) is 9.61. The molecule has 6 nitrogen and oxygen atoms in total. The van der Waals surface area contributed by atoms with Gasteiger partial charge in [-0.1, -0.05) is 0 Å². The molecule has 2 rings (SSSR count). The van der Waals surface area contributed by atoms with Crippen LogP contribution >= 0.6 is 0 Å². The van der Waals surface area contributed by atoms with Crippen LogP contribution in [0.1, 0.15) is 32.1 Å². The predicted molar refractivity (Wildman–Crippen MR) is 63.2 cm³/mol. The van der Waals surface area contributed by atoms with E-state index in [4.69, 9.17) is 10.2 Å². The van der Waals surface area contributed by atoms with Crippen LogP contribution in [-0.4, -0.2) is 32.1 Å². The lowest BCUT2D eigenvalue weighted by Crippen LogP contribution is -2.15. The van der Waals surface area contributed by atoms with Gasteiger partial charge < -0.3 is 10.2 Å². The van der Waals surface area contributed by atoms with Crippen LogP contribution in [0.4, 0.5) is 13.2 Å². The monoisotopic (exact) mass is 300 g/mol. The molecule has 2 aromatic rings. The van der Waals surface area contributed by atoms with E-state index in [0.717, 1.165) is 0 Å². The van der Waals surface area contributed by atoms with Gasteiger partial charge in [0, 0.05) is 0 Å². The topological polar surface area (TPSA) is 100 Å². The first-order valence-corrected chi connectivity index (χ1v) is 5.47. The van der Waals surface area contributed by atoms with Crippen LogP contribution in [-0.2, 0) is 6.18 Å². The predicted octanol–water partition coefficient (Wildman–Crippen LogP) is 2.35. The Bertz CT molecular complexity index is 771. The smallest absolute Gasteiger partial charge is 0.418 e. The Morgan fingerprint density at radius 2 is 1.48 bits per heavy atom. The molecule has 0 unspecified atom stereocenters.